The highest BCUT2D eigenvalue weighted by Crippen LogP contribution is 2.28. The van der Waals surface area contributed by atoms with Gasteiger partial charge in [0.15, 0.2) is 5.78 Å². The lowest BCUT2D eigenvalue weighted by Crippen LogP contribution is -2.10. The summed E-state index contributed by atoms with van der Waals surface area (Å²) in [5.41, 5.74) is 1.97. The molecule has 0 N–H and O–H groups in total. The van der Waals surface area contributed by atoms with Gasteiger partial charge in [0.05, 0.1) is 0 Å². The number of hydrogen-bond acceptors (Lipinski definition) is 2. The highest BCUT2D eigenvalue weighted by molar-refractivity contribution is 5.98. The minimum atomic E-state index is 0.252. The van der Waals surface area contributed by atoms with Crippen LogP contribution in [0.5, 0.6) is 11.5 Å². The molecule has 2 nitrogen and oxygen atoms in total. The van der Waals surface area contributed by atoms with E-state index in [-0.39, 0.29) is 5.78 Å². The summed E-state index contributed by atoms with van der Waals surface area (Å²) in [6.45, 7) is 0. The van der Waals surface area contributed by atoms with Gasteiger partial charge in [-0.05, 0) is 48.7 Å². The van der Waals surface area contributed by atoms with E-state index in [1.165, 1.54) is 0 Å². The molecular formula is C16H14O2. The lowest BCUT2D eigenvalue weighted by atomic mass is 9.90. The van der Waals surface area contributed by atoms with Crippen molar-refractivity contribution in [1.29, 1.82) is 0 Å². The van der Waals surface area contributed by atoms with Crippen LogP contribution < -0.4 is 4.74 Å². The van der Waals surface area contributed by atoms with E-state index in [0.29, 0.717) is 6.42 Å². The molecule has 0 radical (unpaired) electrons. The molecule has 0 bridgehead atoms. The predicted molar refractivity (Wildman–Crippen MR) is 70.2 cm³/mol. The van der Waals surface area contributed by atoms with Gasteiger partial charge in [0.25, 0.3) is 0 Å². The Morgan fingerprint density at radius 2 is 1.72 bits per heavy atom. The molecule has 0 aromatic heterocycles. The van der Waals surface area contributed by atoms with E-state index in [1.807, 2.05) is 48.5 Å². The van der Waals surface area contributed by atoms with Crippen LogP contribution in [-0.4, -0.2) is 5.78 Å². The van der Waals surface area contributed by atoms with E-state index in [1.54, 1.807) is 0 Å². The molecule has 0 unspecified atom stereocenters. The number of rotatable bonds is 2. The number of para-hydroxylation sites is 1. The van der Waals surface area contributed by atoms with Crippen LogP contribution >= 0.6 is 0 Å². The van der Waals surface area contributed by atoms with Crippen molar-refractivity contribution < 1.29 is 9.53 Å². The second-order valence-corrected chi connectivity index (χ2v) is 4.51. The van der Waals surface area contributed by atoms with Gasteiger partial charge in [-0.3, -0.25) is 4.79 Å². The third-order valence-corrected chi connectivity index (χ3v) is 3.21. The molecule has 3 rings (SSSR count). The summed E-state index contributed by atoms with van der Waals surface area (Å²) in [5.74, 6) is 1.87. The summed E-state index contributed by atoms with van der Waals surface area (Å²) in [6, 6.07) is 15.4. The molecule has 90 valence electrons. The maximum Gasteiger partial charge on any atom is 0.163 e. The monoisotopic (exact) mass is 238 g/mol. The summed E-state index contributed by atoms with van der Waals surface area (Å²) in [4.78, 5) is 11.7. The molecule has 0 fully saturated rings. The molecule has 0 spiro atoms. The van der Waals surface area contributed by atoms with Crippen molar-refractivity contribution in [1.82, 2.24) is 0 Å². The Hall–Kier alpha value is -2.09. The molecule has 0 aliphatic heterocycles. The topological polar surface area (TPSA) is 26.3 Å². The van der Waals surface area contributed by atoms with Crippen molar-refractivity contribution in [2.75, 3.05) is 0 Å². The number of carbonyl (C=O) groups is 1. The van der Waals surface area contributed by atoms with E-state index in [0.717, 1.165) is 35.5 Å². The number of benzene rings is 2. The summed E-state index contributed by atoms with van der Waals surface area (Å²) >= 11 is 0. The SMILES string of the molecule is O=C1CCCc2cc(Oc3ccccc3)ccc21. The highest BCUT2D eigenvalue weighted by atomic mass is 16.5. The van der Waals surface area contributed by atoms with Gasteiger partial charge in [-0.2, -0.15) is 0 Å². The zero-order valence-electron chi connectivity index (χ0n) is 10.1. The molecular weight excluding hydrogens is 224 g/mol. The van der Waals surface area contributed by atoms with Crippen molar-refractivity contribution in [2.24, 2.45) is 0 Å². The Balaban J connectivity index is 1.89. The van der Waals surface area contributed by atoms with Gasteiger partial charge in [0.2, 0.25) is 0 Å². The van der Waals surface area contributed by atoms with E-state index < -0.39 is 0 Å². The van der Waals surface area contributed by atoms with Crippen molar-refractivity contribution >= 4 is 5.78 Å². The van der Waals surface area contributed by atoms with Crippen LogP contribution in [0.3, 0.4) is 0 Å². The van der Waals surface area contributed by atoms with Gasteiger partial charge in [0.1, 0.15) is 11.5 Å². The molecule has 0 saturated carbocycles. The number of carbonyl (C=O) groups excluding carboxylic acids is 1. The van der Waals surface area contributed by atoms with Gasteiger partial charge in [-0.25, -0.2) is 0 Å². The molecule has 0 heterocycles. The number of fused-ring (bicyclic) bond motifs is 1. The van der Waals surface area contributed by atoms with E-state index >= 15 is 0 Å². The van der Waals surface area contributed by atoms with E-state index in [2.05, 4.69) is 0 Å². The molecule has 2 aromatic rings. The maximum absolute atomic E-state index is 11.7. The zero-order valence-corrected chi connectivity index (χ0v) is 10.1. The van der Waals surface area contributed by atoms with Crippen LogP contribution in [0.25, 0.3) is 0 Å². The van der Waals surface area contributed by atoms with Crippen LogP contribution in [0.4, 0.5) is 0 Å². The number of ketones is 1. The summed E-state index contributed by atoms with van der Waals surface area (Å²) in [6.07, 6.45) is 2.58. The first kappa shape index (κ1) is 11.0. The van der Waals surface area contributed by atoms with Crippen molar-refractivity contribution in [3.8, 4) is 11.5 Å². The average Bonchev–Trinajstić information content (AvgIpc) is 2.40. The van der Waals surface area contributed by atoms with Crippen molar-refractivity contribution in [3.63, 3.8) is 0 Å². The summed E-state index contributed by atoms with van der Waals surface area (Å²) in [5, 5.41) is 0. The molecule has 1 aliphatic carbocycles. The van der Waals surface area contributed by atoms with Crippen LogP contribution in [-0.2, 0) is 6.42 Å². The molecule has 0 saturated heterocycles. The van der Waals surface area contributed by atoms with Gasteiger partial charge in [-0.15, -0.1) is 0 Å². The maximum atomic E-state index is 11.7. The lowest BCUT2D eigenvalue weighted by molar-refractivity contribution is 0.0972. The van der Waals surface area contributed by atoms with E-state index in [4.69, 9.17) is 4.74 Å². The van der Waals surface area contributed by atoms with Gasteiger partial charge < -0.3 is 4.74 Å². The average molecular weight is 238 g/mol. The second kappa shape index (κ2) is 4.65. The largest absolute Gasteiger partial charge is 0.457 e. The Labute approximate surface area is 106 Å². The molecule has 0 atom stereocenters. The van der Waals surface area contributed by atoms with Crippen LogP contribution in [0.15, 0.2) is 48.5 Å². The van der Waals surface area contributed by atoms with Gasteiger partial charge in [0, 0.05) is 12.0 Å². The van der Waals surface area contributed by atoms with Crippen molar-refractivity contribution in [3.05, 3.63) is 59.7 Å². The Bertz CT molecular complexity index is 573. The van der Waals surface area contributed by atoms with Crippen LogP contribution in [0.2, 0.25) is 0 Å². The zero-order chi connectivity index (χ0) is 12.4. The Morgan fingerprint density at radius 1 is 0.889 bits per heavy atom. The minimum absolute atomic E-state index is 0.252. The standard InChI is InChI=1S/C16H14O2/c17-16-8-4-5-12-11-14(9-10-15(12)16)18-13-6-2-1-3-7-13/h1-3,6-7,9-11H,4-5,8H2. The van der Waals surface area contributed by atoms with Crippen LogP contribution in [0, 0.1) is 0 Å². The Morgan fingerprint density at radius 3 is 2.56 bits per heavy atom. The Kier molecular flexibility index (Phi) is 2.85. The predicted octanol–water partition coefficient (Wildman–Crippen LogP) is 4.00. The fourth-order valence-corrected chi connectivity index (χ4v) is 2.31. The second-order valence-electron chi connectivity index (χ2n) is 4.51. The first-order valence-corrected chi connectivity index (χ1v) is 6.22. The summed E-state index contributed by atoms with van der Waals surface area (Å²) < 4.78 is 5.77. The fourth-order valence-electron chi connectivity index (χ4n) is 2.31. The third-order valence-electron chi connectivity index (χ3n) is 3.21. The van der Waals surface area contributed by atoms with Crippen molar-refractivity contribution in [2.45, 2.75) is 19.3 Å². The van der Waals surface area contributed by atoms with Gasteiger partial charge >= 0.3 is 0 Å². The quantitative estimate of drug-likeness (QED) is 0.790. The first-order valence-electron chi connectivity index (χ1n) is 6.22. The normalized spacial score (nSPS) is 14.1. The number of hydrogen-bond donors (Lipinski definition) is 0. The fraction of sp³-hybridized carbons (Fsp3) is 0.188. The molecule has 0 amide bonds. The first-order chi connectivity index (χ1) is 8.83. The third kappa shape index (κ3) is 2.14. The smallest absolute Gasteiger partial charge is 0.163 e. The number of aryl methyl sites for hydroxylation is 1. The van der Waals surface area contributed by atoms with Crippen LogP contribution in [0.1, 0.15) is 28.8 Å². The highest BCUT2D eigenvalue weighted by Gasteiger charge is 2.17. The number of ether oxygens (including phenoxy) is 1. The minimum Gasteiger partial charge on any atom is -0.457 e. The summed E-state index contributed by atoms with van der Waals surface area (Å²) in [7, 11) is 0. The molecule has 18 heavy (non-hydrogen) atoms. The van der Waals surface area contributed by atoms with E-state index in [9.17, 15) is 4.79 Å². The van der Waals surface area contributed by atoms with Gasteiger partial charge in [-0.1, -0.05) is 18.2 Å². The number of Topliss-reactive ketones (excluding diaryl/α,β-unsaturated/α-hetero) is 1. The molecule has 2 aromatic carbocycles. The molecule has 1 aliphatic rings. The molecule has 2 heteroatoms. The lowest BCUT2D eigenvalue weighted by Gasteiger charge is -2.15.